The van der Waals surface area contributed by atoms with E-state index in [1.807, 2.05) is 30.3 Å². The number of rotatable bonds is 7. The Morgan fingerprint density at radius 3 is 2.50 bits per heavy atom. The molecule has 0 fully saturated rings. The van der Waals surface area contributed by atoms with Crippen molar-refractivity contribution >= 4 is 22.5 Å². The number of imidazole rings is 1. The molecule has 192 valence electrons. The number of nitrogens with zero attached hydrogens (tertiary/aromatic N) is 4. The molecule has 0 bridgehead atoms. The molecule has 0 unspecified atom stereocenters. The van der Waals surface area contributed by atoms with Crippen molar-refractivity contribution in [2.45, 2.75) is 27.2 Å². The second-order valence-electron chi connectivity index (χ2n) is 10.2. The van der Waals surface area contributed by atoms with E-state index in [-0.39, 0.29) is 11.2 Å². The maximum absolute atomic E-state index is 15.3. The van der Waals surface area contributed by atoms with E-state index in [2.05, 4.69) is 57.9 Å². The first kappa shape index (κ1) is 25.1. The topological polar surface area (TPSA) is 91.4 Å². The molecule has 4 aromatic heterocycles. The van der Waals surface area contributed by atoms with Crippen LogP contribution in [-0.2, 0) is 6.42 Å². The van der Waals surface area contributed by atoms with Gasteiger partial charge in [-0.1, -0.05) is 27.4 Å². The number of benzene rings is 1. The molecule has 1 aromatic carbocycles. The van der Waals surface area contributed by atoms with Crippen LogP contribution >= 0.6 is 0 Å². The zero-order chi connectivity index (χ0) is 26.9. The summed E-state index contributed by atoms with van der Waals surface area (Å²) in [6, 6.07) is 11.3. The first-order valence-electron chi connectivity index (χ1n) is 12.4. The van der Waals surface area contributed by atoms with Gasteiger partial charge in [-0.2, -0.15) is 0 Å². The van der Waals surface area contributed by atoms with E-state index < -0.39 is 0 Å². The van der Waals surface area contributed by atoms with Crippen molar-refractivity contribution in [3.8, 4) is 22.3 Å². The van der Waals surface area contributed by atoms with E-state index in [0.717, 1.165) is 44.7 Å². The van der Waals surface area contributed by atoms with Crippen molar-refractivity contribution in [3.63, 3.8) is 0 Å². The predicted molar refractivity (Wildman–Crippen MR) is 151 cm³/mol. The standard InChI is InChI=1S/C30H30FN7/c1-18(30(2,3)4)36-23-13-22(16-34-17-23)20-12-21(27(32-5)25(31)14-20)15-26-37-28-24(8-11-35-29(28)38-26)19-6-9-33-10-7-19/h6-14,16-17,32,36H,1,15H2,2-5H3,(H,35,37,38). The van der Waals surface area contributed by atoms with Gasteiger partial charge in [-0.3, -0.25) is 9.97 Å². The maximum Gasteiger partial charge on any atom is 0.178 e. The average Bonchev–Trinajstić information content (AvgIpc) is 3.31. The zero-order valence-corrected chi connectivity index (χ0v) is 21.9. The fraction of sp³-hybridized carbons (Fsp3) is 0.200. The molecule has 0 saturated carbocycles. The highest BCUT2D eigenvalue weighted by Gasteiger charge is 2.17. The molecule has 8 heteroatoms. The normalized spacial score (nSPS) is 11.5. The van der Waals surface area contributed by atoms with E-state index in [1.54, 1.807) is 38.0 Å². The number of nitrogens with one attached hydrogen (secondary N) is 3. The molecule has 38 heavy (non-hydrogen) atoms. The molecule has 0 atom stereocenters. The van der Waals surface area contributed by atoms with Gasteiger partial charge < -0.3 is 15.6 Å². The second kappa shape index (κ2) is 10.0. The number of H-pyrrole nitrogens is 1. The minimum absolute atomic E-state index is 0.109. The van der Waals surface area contributed by atoms with Gasteiger partial charge in [0, 0.05) is 60.5 Å². The van der Waals surface area contributed by atoms with Crippen LogP contribution in [0.2, 0.25) is 0 Å². The highest BCUT2D eigenvalue weighted by Crippen LogP contribution is 2.32. The molecule has 0 aliphatic heterocycles. The minimum atomic E-state index is -0.343. The lowest BCUT2D eigenvalue weighted by atomic mass is 9.93. The average molecular weight is 508 g/mol. The maximum atomic E-state index is 15.3. The van der Waals surface area contributed by atoms with Crippen molar-refractivity contribution < 1.29 is 4.39 Å². The van der Waals surface area contributed by atoms with Gasteiger partial charge in [0.15, 0.2) is 5.65 Å². The van der Waals surface area contributed by atoms with E-state index >= 15 is 4.39 Å². The Labute approximate surface area is 221 Å². The number of hydrogen-bond donors (Lipinski definition) is 3. The van der Waals surface area contributed by atoms with Crippen molar-refractivity contribution in [1.82, 2.24) is 24.9 Å². The van der Waals surface area contributed by atoms with Crippen LogP contribution in [0.3, 0.4) is 0 Å². The number of allylic oxidation sites excluding steroid dienone is 1. The van der Waals surface area contributed by atoms with Gasteiger partial charge in [0.05, 0.1) is 23.1 Å². The summed E-state index contributed by atoms with van der Waals surface area (Å²) in [5.74, 6) is 0.348. The number of aromatic nitrogens is 5. The molecule has 0 radical (unpaired) electrons. The molecule has 0 aliphatic carbocycles. The molecule has 5 aromatic rings. The minimum Gasteiger partial charge on any atom is -0.386 e. The van der Waals surface area contributed by atoms with Crippen LogP contribution in [0.15, 0.2) is 79.7 Å². The quantitative estimate of drug-likeness (QED) is 0.224. The summed E-state index contributed by atoms with van der Waals surface area (Å²) in [6.07, 6.45) is 9.11. The third-order valence-corrected chi connectivity index (χ3v) is 6.48. The van der Waals surface area contributed by atoms with Crippen molar-refractivity contribution in [2.75, 3.05) is 17.7 Å². The smallest absolute Gasteiger partial charge is 0.178 e. The SMILES string of the molecule is C=C(Nc1cncc(-c2cc(F)c(NC)c(Cc3nc4nccc(-c5ccncc5)c4[nH]3)c2)c1)C(C)(C)C. The van der Waals surface area contributed by atoms with Gasteiger partial charge in [0.25, 0.3) is 0 Å². The summed E-state index contributed by atoms with van der Waals surface area (Å²) >= 11 is 0. The third kappa shape index (κ3) is 5.11. The lowest BCUT2D eigenvalue weighted by Gasteiger charge is -2.23. The number of pyridine rings is 3. The number of halogens is 1. The second-order valence-corrected chi connectivity index (χ2v) is 10.2. The number of aromatic amines is 1. The van der Waals surface area contributed by atoms with E-state index in [9.17, 15) is 0 Å². The number of fused-ring (bicyclic) bond motifs is 1. The van der Waals surface area contributed by atoms with Crippen LogP contribution in [0.1, 0.15) is 32.2 Å². The molecule has 7 nitrogen and oxygen atoms in total. The highest BCUT2D eigenvalue weighted by molar-refractivity contribution is 5.89. The fourth-order valence-electron chi connectivity index (χ4n) is 4.27. The summed E-state index contributed by atoms with van der Waals surface area (Å²) in [5.41, 5.74) is 7.72. The Morgan fingerprint density at radius 1 is 0.974 bits per heavy atom. The van der Waals surface area contributed by atoms with Gasteiger partial charge in [0.2, 0.25) is 0 Å². The Balaban J connectivity index is 1.50. The molecule has 4 heterocycles. The van der Waals surface area contributed by atoms with Gasteiger partial charge >= 0.3 is 0 Å². The Bertz CT molecular complexity index is 1620. The first-order chi connectivity index (χ1) is 18.2. The van der Waals surface area contributed by atoms with Crippen LogP contribution in [0.4, 0.5) is 15.8 Å². The summed E-state index contributed by atoms with van der Waals surface area (Å²) < 4.78 is 15.3. The van der Waals surface area contributed by atoms with E-state index in [0.29, 0.717) is 23.6 Å². The Kier molecular flexibility index (Phi) is 6.63. The fourth-order valence-corrected chi connectivity index (χ4v) is 4.27. The van der Waals surface area contributed by atoms with E-state index in [4.69, 9.17) is 4.98 Å². The molecule has 5 rings (SSSR count). The predicted octanol–water partition coefficient (Wildman–Crippen LogP) is 6.83. The lowest BCUT2D eigenvalue weighted by molar-refractivity contribution is 0.509. The van der Waals surface area contributed by atoms with E-state index in [1.165, 1.54) is 6.07 Å². The summed E-state index contributed by atoms with van der Waals surface area (Å²) in [6.45, 7) is 10.4. The molecule has 0 amide bonds. The van der Waals surface area contributed by atoms with Gasteiger partial charge in [-0.25, -0.2) is 14.4 Å². The molecular formula is C30H30FN7. The van der Waals surface area contributed by atoms with Gasteiger partial charge in [-0.05, 0) is 53.1 Å². The van der Waals surface area contributed by atoms with Gasteiger partial charge in [-0.15, -0.1) is 0 Å². The molecule has 3 N–H and O–H groups in total. The van der Waals surface area contributed by atoms with Crippen molar-refractivity contribution in [1.29, 1.82) is 0 Å². The monoisotopic (exact) mass is 507 g/mol. The first-order valence-corrected chi connectivity index (χ1v) is 12.4. The van der Waals surface area contributed by atoms with Crippen LogP contribution in [0, 0.1) is 11.2 Å². The third-order valence-electron chi connectivity index (χ3n) is 6.48. The summed E-state index contributed by atoms with van der Waals surface area (Å²) in [5, 5.41) is 6.34. The summed E-state index contributed by atoms with van der Waals surface area (Å²) in [4.78, 5) is 21.0. The number of anilines is 2. The molecule has 0 aliphatic rings. The zero-order valence-electron chi connectivity index (χ0n) is 21.9. The Morgan fingerprint density at radius 2 is 1.76 bits per heavy atom. The lowest BCUT2D eigenvalue weighted by Crippen LogP contribution is -2.15. The molecule has 0 spiro atoms. The van der Waals surface area contributed by atoms with Crippen LogP contribution in [0.5, 0.6) is 0 Å². The molecule has 0 saturated heterocycles. The summed E-state index contributed by atoms with van der Waals surface area (Å²) in [7, 11) is 1.72. The van der Waals surface area contributed by atoms with Crippen molar-refractivity contribution in [3.05, 3.63) is 96.9 Å². The highest BCUT2D eigenvalue weighted by atomic mass is 19.1. The number of hydrogen-bond acceptors (Lipinski definition) is 6. The largest absolute Gasteiger partial charge is 0.386 e. The van der Waals surface area contributed by atoms with Crippen LogP contribution in [0.25, 0.3) is 33.4 Å². The van der Waals surface area contributed by atoms with Crippen LogP contribution in [-0.4, -0.2) is 32.0 Å². The van der Waals surface area contributed by atoms with Crippen LogP contribution < -0.4 is 10.6 Å². The Hall–Kier alpha value is -4.59. The van der Waals surface area contributed by atoms with Crippen molar-refractivity contribution in [2.24, 2.45) is 5.41 Å². The van der Waals surface area contributed by atoms with Gasteiger partial charge in [0.1, 0.15) is 11.6 Å². The molecular weight excluding hydrogens is 477 g/mol.